The molecule has 0 N–H and O–H groups in total. The van der Waals surface area contributed by atoms with Gasteiger partial charge in [0.25, 0.3) is 0 Å². The number of nitrogens with zero attached hydrogens (tertiary/aromatic N) is 3. The number of aliphatic imine (C=N–C) groups is 1. The van der Waals surface area contributed by atoms with Gasteiger partial charge in [0.2, 0.25) is 0 Å². The highest BCUT2D eigenvalue weighted by Crippen LogP contribution is 2.35. The van der Waals surface area contributed by atoms with Crippen molar-refractivity contribution in [1.29, 1.82) is 0 Å². The van der Waals surface area contributed by atoms with Gasteiger partial charge < -0.3 is 0 Å². The molecule has 0 saturated carbocycles. The maximum Gasteiger partial charge on any atom is 0.160 e. The largest absolute Gasteiger partial charge is 0.252 e. The third-order valence-corrected chi connectivity index (χ3v) is 9.31. The Hall–Kier alpha value is -6.45. The standard InChI is InChI=1S/C49H43N3/c1-7-18-37(8-2)35(3)33-45(50-36(4)38-19-12-9-13-20-38)40-25-29-43(30-26-40)49(5,6)44-31-27-41(28-32-44)47-34-46(39-21-14-10-15-22-39)51-48(52-47)42-23-16-11-17-24-42/h7-34H,1-3H2,4-6H3/b37-18+,45-33-,50-36?. The van der Waals surface area contributed by atoms with Crippen LogP contribution in [0.1, 0.15) is 43.0 Å². The first-order valence-electron chi connectivity index (χ1n) is 17.5. The predicted molar refractivity (Wildman–Crippen MR) is 221 cm³/mol. The quantitative estimate of drug-likeness (QED) is 0.0958. The van der Waals surface area contributed by atoms with Gasteiger partial charge in [0.1, 0.15) is 0 Å². The van der Waals surface area contributed by atoms with Gasteiger partial charge in [-0.05, 0) is 46.9 Å². The molecule has 3 nitrogen and oxygen atoms in total. The van der Waals surface area contributed by atoms with E-state index in [4.69, 9.17) is 15.0 Å². The van der Waals surface area contributed by atoms with Crippen molar-refractivity contribution < 1.29 is 0 Å². The summed E-state index contributed by atoms with van der Waals surface area (Å²) in [6.07, 6.45) is 7.46. The van der Waals surface area contributed by atoms with Crippen LogP contribution >= 0.6 is 0 Å². The number of hydrogen-bond acceptors (Lipinski definition) is 3. The van der Waals surface area contributed by atoms with Crippen molar-refractivity contribution in [3.8, 4) is 33.9 Å². The summed E-state index contributed by atoms with van der Waals surface area (Å²) in [5.41, 5.74) is 12.5. The lowest BCUT2D eigenvalue weighted by molar-refractivity contribution is 0.641. The Morgan fingerprint density at radius 3 is 1.65 bits per heavy atom. The molecule has 6 rings (SSSR count). The summed E-state index contributed by atoms with van der Waals surface area (Å²) in [5.74, 6) is 0.708. The van der Waals surface area contributed by atoms with Crippen LogP contribution in [0.4, 0.5) is 0 Å². The van der Waals surface area contributed by atoms with E-state index in [0.29, 0.717) is 5.82 Å². The van der Waals surface area contributed by atoms with Crippen LogP contribution in [0, 0.1) is 0 Å². The zero-order chi connectivity index (χ0) is 36.5. The molecule has 0 amide bonds. The van der Waals surface area contributed by atoms with E-state index in [0.717, 1.165) is 61.8 Å². The minimum atomic E-state index is -0.257. The van der Waals surface area contributed by atoms with Crippen LogP contribution < -0.4 is 0 Å². The predicted octanol–water partition coefficient (Wildman–Crippen LogP) is 12.5. The van der Waals surface area contributed by atoms with Gasteiger partial charge in [0.15, 0.2) is 5.82 Å². The van der Waals surface area contributed by atoms with E-state index in [1.165, 1.54) is 11.1 Å². The van der Waals surface area contributed by atoms with Gasteiger partial charge in [-0.25, -0.2) is 9.97 Å². The molecule has 0 bridgehead atoms. The Kier molecular flexibility index (Phi) is 10.9. The summed E-state index contributed by atoms with van der Waals surface area (Å²) in [5, 5.41) is 0. The Morgan fingerprint density at radius 1 is 0.615 bits per heavy atom. The van der Waals surface area contributed by atoms with Crippen molar-refractivity contribution in [1.82, 2.24) is 9.97 Å². The average molecular weight is 674 g/mol. The fraction of sp³-hybridized carbons (Fsp3) is 0.0816. The van der Waals surface area contributed by atoms with Crippen LogP contribution in [0.2, 0.25) is 0 Å². The average Bonchev–Trinajstić information content (AvgIpc) is 3.20. The Bertz CT molecular complexity index is 2220. The van der Waals surface area contributed by atoms with Crippen LogP contribution in [-0.2, 0) is 5.41 Å². The van der Waals surface area contributed by atoms with Gasteiger partial charge in [0.05, 0.1) is 17.1 Å². The molecular formula is C49H43N3. The zero-order valence-electron chi connectivity index (χ0n) is 30.1. The van der Waals surface area contributed by atoms with Crippen LogP contribution in [0.15, 0.2) is 206 Å². The summed E-state index contributed by atoms with van der Waals surface area (Å²) >= 11 is 0. The van der Waals surface area contributed by atoms with Crippen LogP contribution in [0.25, 0.3) is 39.6 Å². The number of hydrogen-bond donors (Lipinski definition) is 0. The van der Waals surface area contributed by atoms with Crippen molar-refractivity contribution >= 4 is 11.4 Å². The minimum Gasteiger partial charge on any atom is -0.252 e. The molecular weight excluding hydrogens is 631 g/mol. The minimum absolute atomic E-state index is 0.257. The van der Waals surface area contributed by atoms with Gasteiger partial charge in [-0.3, -0.25) is 4.99 Å². The van der Waals surface area contributed by atoms with Crippen molar-refractivity contribution in [2.24, 2.45) is 4.99 Å². The maximum atomic E-state index is 5.09. The second-order valence-corrected chi connectivity index (χ2v) is 13.2. The maximum absolute atomic E-state index is 5.09. The third-order valence-electron chi connectivity index (χ3n) is 9.31. The Balaban J connectivity index is 1.32. The van der Waals surface area contributed by atoms with Gasteiger partial charge in [-0.1, -0.05) is 191 Å². The van der Waals surface area contributed by atoms with E-state index >= 15 is 0 Å². The van der Waals surface area contributed by atoms with Crippen molar-refractivity contribution in [3.63, 3.8) is 0 Å². The molecule has 6 aromatic rings. The smallest absolute Gasteiger partial charge is 0.160 e. The first-order chi connectivity index (χ1) is 25.3. The highest BCUT2D eigenvalue weighted by atomic mass is 14.9. The van der Waals surface area contributed by atoms with E-state index in [-0.39, 0.29) is 5.41 Å². The van der Waals surface area contributed by atoms with Gasteiger partial charge in [-0.15, -0.1) is 0 Å². The number of aromatic nitrogens is 2. The second-order valence-electron chi connectivity index (χ2n) is 13.2. The topological polar surface area (TPSA) is 38.1 Å². The van der Waals surface area contributed by atoms with E-state index in [1.54, 1.807) is 12.2 Å². The van der Waals surface area contributed by atoms with Crippen molar-refractivity contribution in [2.75, 3.05) is 0 Å². The highest BCUT2D eigenvalue weighted by molar-refractivity contribution is 6.01. The van der Waals surface area contributed by atoms with Crippen LogP contribution in [-0.4, -0.2) is 15.7 Å². The van der Waals surface area contributed by atoms with Crippen LogP contribution in [0.3, 0.4) is 0 Å². The first-order valence-corrected chi connectivity index (χ1v) is 17.5. The lowest BCUT2D eigenvalue weighted by Crippen LogP contribution is -2.18. The fourth-order valence-corrected chi connectivity index (χ4v) is 6.14. The van der Waals surface area contributed by atoms with Gasteiger partial charge in [0, 0.05) is 33.4 Å². The number of benzene rings is 5. The Morgan fingerprint density at radius 2 is 1.12 bits per heavy atom. The van der Waals surface area contributed by atoms with Gasteiger partial charge >= 0.3 is 0 Å². The molecule has 254 valence electrons. The van der Waals surface area contributed by atoms with Gasteiger partial charge in [-0.2, -0.15) is 0 Å². The SMILES string of the molecule is C=C/C=C(\C=C)C(=C)/C=C(\N=C(C)c1ccccc1)c1ccc(C(C)(C)c2ccc(-c3cc(-c4ccccc4)nc(-c4ccccc4)n3)cc2)cc1. The molecule has 0 spiro atoms. The summed E-state index contributed by atoms with van der Waals surface area (Å²) in [4.78, 5) is 15.1. The Labute approximate surface area is 308 Å². The molecule has 0 aliphatic carbocycles. The normalized spacial score (nSPS) is 12.3. The molecule has 1 aromatic heterocycles. The van der Waals surface area contributed by atoms with Crippen LogP contribution in [0.5, 0.6) is 0 Å². The number of rotatable bonds is 12. The molecule has 0 fully saturated rings. The fourth-order valence-electron chi connectivity index (χ4n) is 6.14. The molecule has 1 heterocycles. The molecule has 0 unspecified atom stereocenters. The number of allylic oxidation sites excluding steroid dienone is 6. The second kappa shape index (κ2) is 16.1. The summed E-state index contributed by atoms with van der Waals surface area (Å²) in [7, 11) is 0. The molecule has 0 aliphatic rings. The molecule has 0 radical (unpaired) electrons. The summed E-state index contributed by atoms with van der Waals surface area (Å²) in [6.45, 7) is 18.7. The molecule has 0 aliphatic heterocycles. The molecule has 0 atom stereocenters. The lowest BCUT2D eigenvalue weighted by atomic mass is 9.77. The van der Waals surface area contributed by atoms with E-state index in [9.17, 15) is 0 Å². The summed E-state index contributed by atoms with van der Waals surface area (Å²) in [6, 6.07) is 50.1. The molecule has 5 aromatic carbocycles. The van der Waals surface area contributed by atoms with E-state index in [2.05, 4.69) is 125 Å². The third kappa shape index (κ3) is 8.12. The highest BCUT2D eigenvalue weighted by Gasteiger charge is 2.23. The van der Waals surface area contributed by atoms with Crippen molar-refractivity contribution in [3.05, 3.63) is 223 Å². The van der Waals surface area contributed by atoms with E-state index in [1.807, 2.05) is 73.7 Å². The molecule has 3 heteroatoms. The van der Waals surface area contributed by atoms with E-state index < -0.39 is 0 Å². The summed E-state index contributed by atoms with van der Waals surface area (Å²) < 4.78 is 0. The zero-order valence-corrected chi connectivity index (χ0v) is 30.1. The first kappa shape index (κ1) is 35.4. The van der Waals surface area contributed by atoms with Crippen molar-refractivity contribution in [2.45, 2.75) is 26.2 Å². The molecule has 0 saturated heterocycles. The monoisotopic (exact) mass is 673 g/mol. The molecule has 52 heavy (non-hydrogen) atoms. The lowest BCUT2D eigenvalue weighted by Gasteiger charge is -2.26.